The Kier molecular flexibility index (Phi) is 6.82. The van der Waals surface area contributed by atoms with E-state index in [4.69, 9.17) is 4.74 Å². The summed E-state index contributed by atoms with van der Waals surface area (Å²) in [5.41, 5.74) is 1.76. The summed E-state index contributed by atoms with van der Waals surface area (Å²) in [5.74, 6) is 0.805. The number of piperidine rings is 1. The molecule has 2 aliphatic rings. The van der Waals surface area contributed by atoms with E-state index in [1.807, 2.05) is 42.5 Å². The van der Waals surface area contributed by atoms with Crippen molar-refractivity contribution in [3.8, 4) is 0 Å². The van der Waals surface area contributed by atoms with Crippen molar-refractivity contribution in [3.05, 3.63) is 59.8 Å². The Morgan fingerprint density at radius 3 is 2.74 bits per heavy atom. The SMILES string of the molecule is CC1CN(c2ccc(CNC(=O)C(c3ccccc3)N3CCCCC3=O)cn2)CCO1. The highest BCUT2D eigenvalue weighted by atomic mass is 16.5. The Bertz CT molecular complexity index is 887. The number of pyridine rings is 1. The summed E-state index contributed by atoms with van der Waals surface area (Å²) in [5, 5.41) is 3.02. The van der Waals surface area contributed by atoms with Crippen LogP contribution in [0, 0.1) is 0 Å². The van der Waals surface area contributed by atoms with E-state index in [2.05, 4.69) is 22.1 Å². The molecule has 2 saturated heterocycles. The van der Waals surface area contributed by atoms with Crippen LogP contribution in [0.15, 0.2) is 48.7 Å². The number of ether oxygens (including phenoxy) is 1. The maximum Gasteiger partial charge on any atom is 0.247 e. The monoisotopic (exact) mass is 422 g/mol. The molecule has 164 valence electrons. The van der Waals surface area contributed by atoms with Gasteiger partial charge in [-0.3, -0.25) is 9.59 Å². The third kappa shape index (κ3) is 5.22. The van der Waals surface area contributed by atoms with E-state index in [1.165, 1.54) is 0 Å². The average molecular weight is 423 g/mol. The van der Waals surface area contributed by atoms with Crippen molar-refractivity contribution in [3.63, 3.8) is 0 Å². The van der Waals surface area contributed by atoms with E-state index in [0.717, 1.165) is 42.9 Å². The highest BCUT2D eigenvalue weighted by Gasteiger charge is 2.32. The summed E-state index contributed by atoms with van der Waals surface area (Å²) < 4.78 is 5.59. The predicted octanol–water partition coefficient (Wildman–Crippen LogP) is 2.68. The molecule has 2 aliphatic heterocycles. The van der Waals surface area contributed by atoms with Crippen LogP contribution in [-0.2, 0) is 20.9 Å². The zero-order chi connectivity index (χ0) is 21.6. The van der Waals surface area contributed by atoms with Crippen molar-refractivity contribution < 1.29 is 14.3 Å². The minimum Gasteiger partial charge on any atom is -0.375 e. The van der Waals surface area contributed by atoms with Crippen LogP contribution in [0.1, 0.15) is 43.4 Å². The van der Waals surface area contributed by atoms with Crippen molar-refractivity contribution >= 4 is 17.6 Å². The Hall–Kier alpha value is -2.93. The van der Waals surface area contributed by atoms with Crippen LogP contribution in [0.3, 0.4) is 0 Å². The third-order valence-electron chi connectivity index (χ3n) is 5.88. The molecule has 0 aliphatic carbocycles. The maximum atomic E-state index is 13.2. The summed E-state index contributed by atoms with van der Waals surface area (Å²) in [6, 6.07) is 12.9. The first-order chi connectivity index (χ1) is 15.1. The predicted molar refractivity (Wildman–Crippen MR) is 118 cm³/mol. The van der Waals surface area contributed by atoms with Gasteiger partial charge in [-0.2, -0.15) is 0 Å². The lowest BCUT2D eigenvalue weighted by Crippen LogP contribution is -2.45. The molecule has 0 spiro atoms. The number of nitrogens with one attached hydrogen (secondary N) is 1. The van der Waals surface area contributed by atoms with Crippen LogP contribution in [0.4, 0.5) is 5.82 Å². The van der Waals surface area contributed by atoms with Crippen LogP contribution < -0.4 is 10.2 Å². The molecule has 7 nitrogen and oxygen atoms in total. The number of rotatable bonds is 6. The van der Waals surface area contributed by atoms with Gasteiger partial charge in [0.2, 0.25) is 11.8 Å². The molecule has 7 heteroatoms. The Morgan fingerprint density at radius 1 is 1.19 bits per heavy atom. The first kappa shape index (κ1) is 21.3. The smallest absolute Gasteiger partial charge is 0.247 e. The number of nitrogens with zero attached hydrogens (tertiary/aromatic N) is 3. The minimum atomic E-state index is -0.601. The third-order valence-corrected chi connectivity index (χ3v) is 5.88. The van der Waals surface area contributed by atoms with Gasteiger partial charge < -0.3 is 19.9 Å². The van der Waals surface area contributed by atoms with Crippen molar-refractivity contribution in [1.29, 1.82) is 0 Å². The maximum absolute atomic E-state index is 13.2. The number of hydrogen-bond acceptors (Lipinski definition) is 5. The summed E-state index contributed by atoms with van der Waals surface area (Å²) >= 11 is 0. The molecule has 3 heterocycles. The zero-order valence-electron chi connectivity index (χ0n) is 18.0. The van der Waals surface area contributed by atoms with Gasteiger partial charge in [-0.25, -0.2) is 4.98 Å². The van der Waals surface area contributed by atoms with E-state index in [1.54, 1.807) is 11.1 Å². The van der Waals surface area contributed by atoms with Gasteiger partial charge in [-0.05, 0) is 37.0 Å². The zero-order valence-corrected chi connectivity index (χ0v) is 18.0. The fraction of sp³-hybridized carbons (Fsp3) is 0.458. The highest BCUT2D eigenvalue weighted by molar-refractivity contribution is 5.89. The lowest BCUT2D eigenvalue weighted by molar-refractivity contribution is -0.142. The second kappa shape index (κ2) is 9.92. The van der Waals surface area contributed by atoms with E-state index < -0.39 is 6.04 Å². The second-order valence-electron chi connectivity index (χ2n) is 8.23. The van der Waals surface area contributed by atoms with Crippen molar-refractivity contribution in [2.75, 3.05) is 31.1 Å². The minimum absolute atomic E-state index is 0.0426. The van der Waals surface area contributed by atoms with Crippen molar-refractivity contribution in [2.24, 2.45) is 0 Å². The van der Waals surface area contributed by atoms with Crippen LogP contribution in [0.5, 0.6) is 0 Å². The molecule has 4 rings (SSSR count). The Labute approximate surface area is 183 Å². The molecule has 2 amide bonds. The van der Waals surface area contributed by atoms with E-state index in [0.29, 0.717) is 26.1 Å². The first-order valence-electron chi connectivity index (χ1n) is 11.1. The average Bonchev–Trinajstić information content (AvgIpc) is 2.80. The number of carbonyl (C=O) groups is 2. The molecule has 0 bridgehead atoms. The number of aromatic nitrogens is 1. The summed E-state index contributed by atoms with van der Waals surface area (Å²) in [7, 11) is 0. The van der Waals surface area contributed by atoms with Gasteiger partial charge >= 0.3 is 0 Å². The summed E-state index contributed by atoms with van der Waals surface area (Å²) in [6.07, 6.45) is 4.32. The fourth-order valence-corrected chi connectivity index (χ4v) is 4.23. The number of carbonyl (C=O) groups excluding carboxylic acids is 2. The van der Waals surface area contributed by atoms with Gasteiger partial charge in [0.05, 0.1) is 12.7 Å². The molecule has 1 aromatic carbocycles. The molecule has 2 atom stereocenters. The molecular formula is C24H30N4O3. The quantitative estimate of drug-likeness (QED) is 0.775. The number of likely N-dealkylation sites (tertiary alicyclic amines) is 1. The summed E-state index contributed by atoms with van der Waals surface area (Å²) in [4.78, 5) is 34.2. The lowest BCUT2D eigenvalue weighted by atomic mass is 10.0. The number of morpholine rings is 1. The largest absolute Gasteiger partial charge is 0.375 e. The molecule has 31 heavy (non-hydrogen) atoms. The lowest BCUT2D eigenvalue weighted by Gasteiger charge is -2.34. The topological polar surface area (TPSA) is 74.8 Å². The highest BCUT2D eigenvalue weighted by Crippen LogP contribution is 2.26. The standard InChI is InChI=1S/C24H30N4O3/c1-18-17-27(13-14-31-18)21-11-10-19(15-25-21)16-26-24(30)23(20-7-3-2-4-8-20)28-12-6-5-9-22(28)29/h2-4,7-8,10-11,15,18,23H,5-6,9,12-14,16-17H2,1H3,(H,26,30). The molecule has 0 radical (unpaired) electrons. The van der Waals surface area contributed by atoms with Crippen LogP contribution in [0.25, 0.3) is 0 Å². The molecular weight excluding hydrogens is 392 g/mol. The van der Waals surface area contributed by atoms with Crippen LogP contribution in [0.2, 0.25) is 0 Å². The fourth-order valence-electron chi connectivity index (χ4n) is 4.23. The van der Waals surface area contributed by atoms with E-state index in [9.17, 15) is 9.59 Å². The van der Waals surface area contributed by atoms with Crippen LogP contribution in [-0.4, -0.2) is 54.0 Å². The van der Waals surface area contributed by atoms with Gasteiger partial charge in [-0.1, -0.05) is 36.4 Å². The molecule has 1 aromatic heterocycles. The van der Waals surface area contributed by atoms with E-state index in [-0.39, 0.29) is 17.9 Å². The number of anilines is 1. The van der Waals surface area contributed by atoms with Gasteiger partial charge in [0.15, 0.2) is 0 Å². The number of amides is 2. The van der Waals surface area contributed by atoms with Crippen molar-refractivity contribution in [2.45, 2.75) is 44.9 Å². The molecule has 0 saturated carbocycles. The summed E-state index contributed by atoms with van der Waals surface area (Å²) in [6.45, 7) is 5.40. The van der Waals surface area contributed by atoms with Gasteiger partial charge in [0.25, 0.3) is 0 Å². The normalized spacial score (nSPS) is 20.4. The van der Waals surface area contributed by atoms with Gasteiger partial charge in [0, 0.05) is 38.8 Å². The Balaban J connectivity index is 1.42. The van der Waals surface area contributed by atoms with Gasteiger partial charge in [0.1, 0.15) is 11.9 Å². The Morgan fingerprint density at radius 2 is 2.03 bits per heavy atom. The van der Waals surface area contributed by atoms with E-state index >= 15 is 0 Å². The molecule has 1 N–H and O–H groups in total. The molecule has 2 aromatic rings. The first-order valence-corrected chi connectivity index (χ1v) is 11.1. The number of benzene rings is 1. The second-order valence-corrected chi connectivity index (χ2v) is 8.23. The van der Waals surface area contributed by atoms with Crippen molar-refractivity contribution in [1.82, 2.24) is 15.2 Å². The number of hydrogen-bond donors (Lipinski definition) is 1. The van der Waals surface area contributed by atoms with Crippen LogP contribution >= 0.6 is 0 Å². The molecule has 2 fully saturated rings. The molecule has 2 unspecified atom stereocenters. The van der Waals surface area contributed by atoms with Gasteiger partial charge in [-0.15, -0.1) is 0 Å².